The van der Waals surface area contributed by atoms with Crippen molar-refractivity contribution in [3.05, 3.63) is 52.9 Å². The molecular weight excluding hydrogens is 390 g/mol. The molecule has 1 aliphatic carbocycles. The van der Waals surface area contributed by atoms with Crippen LogP contribution in [0, 0.1) is 17.8 Å². The molecule has 162 valence electrons. The van der Waals surface area contributed by atoms with Crippen LogP contribution < -0.4 is 0 Å². The summed E-state index contributed by atoms with van der Waals surface area (Å²) in [7, 11) is 0. The van der Waals surface area contributed by atoms with Gasteiger partial charge in [-0.2, -0.15) is 0 Å². The summed E-state index contributed by atoms with van der Waals surface area (Å²) in [5.41, 5.74) is 3.20. The summed E-state index contributed by atoms with van der Waals surface area (Å²) >= 11 is 0. The number of carbonyl (C=O) groups excluding carboxylic acids is 1. The molecule has 6 nitrogen and oxygen atoms in total. The summed E-state index contributed by atoms with van der Waals surface area (Å²) in [6, 6.07) is 3.77. The number of carbonyl (C=O) groups is 1. The molecule has 0 spiro atoms. The van der Waals surface area contributed by atoms with Crippen molar-refractivity contribution >= 4 is 11.4 Å². The molecule has 6 heteroatoms. The third-order valence-corrected chi connectivity index (χ3v) is 6.40. The average Bonchev–Trinajstić information content (AvgIpc) is 3.24. The Kier molecular flexibility index (Phi) is 5.83. The summed E-state index contributed by atoms with van der Waals surface area (Å²) in [4.78, 5) is 24.8. The maximum Gasteiger partial charge on any atom is 0.202 e. The van der Waals surface area contributed by atoms with E-state index in [0.717, 1.165) is 36.1 Å². The van der Waals surface area contributed by atoms with Crippen LogP contribution in [0.4, 0.5) is 0 Å². The molecule has 0 bridgehead atoms. The van der Waals surface area contributed by atoms with E-state index in [1.54, 1.807) is 0 Å². The number of allylic oxidation sites excluding steroid dienone is 2. The van der Waals surface area contributed by atoms with E-state index < -0.39 is 5.60 Å². The van der Waals surface area contributed by atoms with Gasteiger partial charge in [0.05, 0.1) is 17.6 Å². The number of nitrogens with zero attached hydrogens (tertiary/aromatic N) is 2. The molecule has 31 heavy (non-hydrogen) atoms. The first-order chi connectivity index (χ1) is 14.8. The monoisotopic (exact) mass is 419 g/mol. The number of H-pyrrole nitrogens is 1. The average molecular weight is 420 g/mol. The fraction of sp³-hybridized carbons (Fsp3) is 0.480. The SMILES string of the molecule is C#Cc1cnc(C(=O)Cc2ccc(C3(O)CCOCC3)nc2C2=CCC(C)(C)CC2)[nH]1. The van der Waals surface area contributed by atoms with Gasteiger partial charge < -0.3 is 14.8 Å². The van der Waals surface area contributed by atoms with Gasteiger partial charge in [-0.15, -0.1) is 6.42 Å². The van der Waals surface area contributed by atoms with Crippen LogP contribution in [0.1, 0.15) is 79.2 Å². The van der Waals surface area contributed by atoms with E-state index in [2.05, 4.69) is 35.8 Å². The van der Waals surface area contributed by atoms with Crippen LogP contribution in [0.2, 0.25) is 0 Å². The second-order valence-electron chi connectivity index (χ2n) is 9.34. The number of Topliss-reactive ketones (excluding diaryl/α,β-unsaturated/α-hetero) is 1. The van der Waals surface area contributed by atoms with Gasteiger partial charge in [0.15, 0.2) is 5.82 Å². The van der Waals surface area contributed by atoms with Gasteiger partial charge >= 0.3 is 0 Å². The Balaban J connectivity index is 1.69. The summed E-state index contributed by atoms with van der Waals surface area (Å²) in [5.74, 6) is 2.57. The molecule has 0 aromatic carbocycles. The molecule has 2 N–H and O–H groups in total. The lowest BCUT2D eigenvalue weighted by molar-refractivity contribution is -0.0705. The van der Waals surface area contributed by atoms with Gasteiger partial charge in [0.2, 0.25) is 5.78 Å². The maximum atomic E-state index is 12.9. The number of ether oxygens (including phenoxy) is 1. The summed E-state index contributed by atoms with van der Waals surface area (Å²) in [6.07, 6.45) is 13.2. The van der Waals surface area contributed by atoms with Gasteiger partial charge in [0, 0.05) is 32.5 Å². The van der Waals surface area contributed by atoms with Gasteiger partial charge in [0.1, 0.15) is 11.3 Å². The van der Waals surface area contributed by atoms with Crippen molar-refractivity contribution in [2.45, 2.75) is 58.0 Å². The van der Waals surface area contributed by atoms with E-state index >= 15 is 0 Å². The van der Waals surface area contributed by atoms with E-state index in [4.69, 9.17) is 16.1 Å². The number of hydrogen-bond donors (Lipinski definition) is 2. The second kappa shape index (κ2) is 8.41. The number of ketones is 1. The third kappa shape index (κ3) is 4.63. The molecule has 0 atom stereocenters. The number of rotatable bonds is 5. The van der Waals surface area contributed by atoms with E-state index in [0.29, 0.717) is 37.4 Å². The molecule has 4 rings (SSSR count). The number of aromatic amines is 1. The van der Waals surface area contributed by atoms with Crippen molar-refractivity contribution in [1.29, 1.82) is 0 Å². The summed E-state index contributed by atoms with van der Waals surface area (Å²) < 4.78 is 5.42. The number of imidazole rings is 1. The number of aromatic nitrogens is 3. The lowest BCUT2D eigenvalue weighted by atomic mass is 9.77. The van der Waals surface area contributed by atoms with Crippen LogP contribution in [-0.2, 0) is 16.8 Å². The van der Waals surface area contributed by atoms with Crippen LogP contribution in [-0.4, -0.2) is 39.1 Å². The number of terminal acetylenes is 1. The molecule has 0 radical (unpaired) electrons. The van der Waals surface area contributed by atoms with Crippen LogP contribution in [0.3, 0.4) is 0 Å². The van der Waals surface area contributed by atoms with Crippen LogP contribution >= 0.6 is 0 Å². The first kappa shape index (κ1) is 21.5. The van der Waals surface area contributed by atoms with Crippen molar-refractivity contribution in [3.63, 3.8) is 0 Å². The highest BCUT2D eigenvalue weighted by atomic mass is 16.5. The van der Waals surface area contributed by atoms with E-state index in [1.165, 1.54) is 6.20 Å². The minimum absolute atomic E-state index is 0.140. The Hall–Kier alpha value is -2.75. The zero-order chi connectivity index (χ0) is 22.1. The normalized spacial score (nSPS) is 20.0. The molecule has 1 fully saturated rings. The van der Waals surface area contributed by atoms with Crippen LogP contribution in [0.15, 0.2) is 24.4 Å². The molecule has 1 aliphatic heterocycles. The molecule has 2 aliphatic rings. The molecule has 0 amide bonds. The van der Waals surface area contributed by atoms with Gasteiger partial charge in [-0.25, -0.2) is 9.97 Å². The van der Waals surface area contributed by atoms with Crippen LogP contribution in [0.5, 0.6) is 0 Å². The molecular formula is C25H29N3O3. The molecule has 0 unspecified atom stereocenters. The Labute approximate surface area is 183 Å². The van der Waals surface area contributed by atoms with Crippen molar-refractivity contribution in [1.82, 2.24) is 15.0 Å². The fourth-order valence-electron chi connectivity index (χ4n) is 4.22. The van der Waals surface area contributed by atoms with Gasteiger partial charge in [-0.3, -0.25) is 4.79 Å². The van der Waals surface area contributed by atoms with Crippen molar-refractivity contribution in [3.8, 4) is 12.3 Å². The largest absolute Gasteiger partial charge is 0.383 e. The van der Waals surface area contributed by atoms with E-state index in [-0.39, 0.29) is 23.4 Å². The number of pyridine rings is 1. The Morgan fingerprint density at radius 1 is 1.29 bits per heavy atom. The lowest BCUT2D eigenvalue weighted by Crippen LogP contribution is -2.34. The maximum absolute atomic E-state index is 12.9. The first-order valence-electron chi connectivity index (χ1n) is 10.8. The van der Waals surface area contributed by atoms with E-state index in [1.807, 2.05) is 12.1 Å². The molecule has 1 saturated heterocycles. The standard InChI is InChI=1S/C25H29N3O3/c1-4-19-16-26-23(27-19)20(29)15-18-5-6-21(25(30)11-13-31-14-12-25)28-22(18)17-7-9-24(2,3)10-8-17/h1,5-7,16,30H,8-15H2,2-3H3,(H,26,27). The molecule has 0 saturated carbocycles. The van der Waals surface area contributed by atoms with Crippen molar-refractivity contribution < 1.29 is 14.6 Å². The van der Waals surface area contributed by atoms with Crippen molar-refractivity contribution in [2.24, 2.45) is 5.41 Å². The topological polar surface area (TPSA) is 88.1 Å². The van der Waals surface area contributed by atoms with Gasteiger partial charge in [-0.05, 0) is 41.9 Å². The quantitative estimate of drug-likeness (QED) is 0.568. The third-order valence-electron chi connectivity index (χ3n) is 6.40. The minimum Gasteiger partial charge on any atom is -0.383 e. The molecule has 3 heterocycles. The molecule has 2 aromatic heterocycles. The van der Waals surface area contributed by atoms with Gasteiger partial charge in [-0.1, -0.05) is 31.9 Å². The Bertz CT molecular complexity index is 1050. The Morgan fingerprint density at radius 2 is 2.06 bits per heavy atom. The van der Waals surface area contributed by atoms with Crippen LogP contribution in [0.25, 0.3) is 5.57 Å². The minimum atomic E-state index is -0.993. The number of nitrogens with one attached hydrogen (secondary N) is 1. The highest BCUT2D eigenvalue weighted by Crippen LogP contribution is 2.39. The zero-order valence-corrected chi connectivity index (χ0v) is 18.2. The van der Waals surface area contributed by atoms with E-state index in [9.17, 15) is 9.90 Å². The van der Waals surface area contributed by atoms with Gasteiger partial charge in [0.25, 0.3) is 0 Å². The Morgan fingerprint density at radius 3 is 2.71 bits per heavy atom. The van der Waals surface area contributed by atoms with Crippen molar-refractivity contribution in [2.75, 3.05) is 13.2 Å². The summed E-state index contributed by atoms with van der Waals surface area (Å²) in [5, 5.41) is 11.2. The first-order valence-corrected chi connectivity index (χ1v) is 10.8. The predicted molar refractivity (Wildman–Crippen MR) is 118 cm³/mol. The fourth-order valence-corrected chi connectivity index (χ4v) is 4.22. The highest BCUT2D eigenvalue weighted by molar-refractivity contribution is 5.95. The smallest absolute Gasteiger partial charge is 0.202 e. The molecule has 2 aromatic rings. The summed E-state index contributed by atoms with van der Waals surface area (Å²) in [6.45, 7) is 5.56. The zero-order valence-electron chi connectivity index (χ0n) is 18.2. The lowest BCUT2D eigenvalue weighted by Gasteiger charge is -2.33. The highest BCUT2D eigenvalue weighted by Gasteiger charge is 2.34. The second-order valence-corrected chi connectivity index (χ2v) is 9.34. The predicted octanol–water partition coefficient (Wildman–Crippen LogP) is 3.80. The number of hydrogen-bond acceptors (Lipinski definition) is 5. The number of aliphatic hydroxyl groups is 1.